The zero-order chi connectivity index (χ0) is 24.8. The van der Waals surface area contributed by atoms with Crippen molar-refractivity contribution in [3.8, 4) is 11.5 Å². The van der Waals surface area contributed by atoms with Gasteiger partial charge >= 0.3 is 12.4 Å². The molecular formula is C24H23F6NO3. The van der Waals surface area contributed by atoms with E-state index in [9.17, 15) is 31.4 Å². The molecule has 1 aliphatic rings. The van der Waals surface area contributed by atoms with E-state index in [1.807, 2.05) is 13.8 Å². The van der Waals surface area contributed by atoms with Crippen LogP contribution in [-0.2, 0) is 23.5 Å². The van der Waals surface area contributed by atoms with Gasteiger partial charge in [-0.2, -0.15) is 26.3 Å². The molecule has 0 bridgehead atoms. The summed E-state index contributed by atoms with van der Waals surface area (Å²) < 4.78 is 93.9. The largest absolute Gasteiger partial charge is 0.456 e. The van der Waals surface area contributed by atoms with E-state index in [0.717, 1.165) is 5.56 Å². The second-order valence-corrected chi connectivity index (χ2v) is 8.74. The van der Waals surface area contributed by atoms with Crippen LogP contribution >= 0.6 is 0 Å². The molecule has 1 fully saturated rings. The molecule has 0 spiro atoms. The summed E-state index contributed by atoms with van der Waals surface area (Å²) in [6.45, 7) is 4.03. The second-order valence-electron chi connectivity index (χ2n) is 8.74. The molecule has 4 nitrogen and oxygen atoms in total. The summed E-state index contributed by atoms with van der Waals surface area (Å²) in [5, 5.41) is 10.4. The van der Waals surface area contributed by atoms with Gasteiger partial charge in [0.15, 0.2) is 12.0 Å². The maximum atomic E-state index is 13.9. The van der Waals surface area contributed by atoms with E-state index in [0.29, 0.717) is 29.5 Å². The lowest BCUT2D eigenvalue weighted by molar-refractivity contribution is -0.145. The highest BCUT2D eigenvalue weighted by Gasteiger charge is 2.43. The van der Waals surface area contributed by atoms with Crippen molar-refractivity contribution in [1.29, 1.82) is 0 Å². The van der Waals surface area contributed by atoms with Gasteiger partial charge in [0.25, 0.3) is 0 Å². The van der Waals surface area contributed by atoms with Crippen LogP contribution in [0.25, 0.3) is 10.9 Å². The number of aromatic nitrogens is 1. The van der Waals surface area contributed by atoms with E-state index in [2.05, 4.69) is 4.98 Å². The lowest BCUT2D eigenvalue weighted by Gasteiger charge is -2.22. The van der Waals surface area contributed by atoms with Crippen LogP contribution < -0.4 is 4.74 Å². The maximum Gasteiger partial charge on any atom is 0.420 e. The Hall–Kier alpha value is -2.72. The van der Waals surface area contributed by atoms with Crippen LogP contribution in [0, 0.1) is 5.92 Å². The van der Waals surface area contributed by atoms with Gasteiger partial charge in [-0.1, -0.05) is 13.8 Å². The van der Waals surface area contributed by atoms with Crippen LogP contribution in [0.5, 0.6) is 11.5 Å². The molecule has 0 amide bonds. The smallest absolute Gasteiger partial charge is 0.420 e. The van der Waals surface area contributed by atoms with E-state index >= 15 is 0 Å². The van der Waals surface area contributed by atoms with Crippen LogP contribution in [-0.4, -0.2) is 23.0 Å². The fraction of sp³-hybridized carbons (Fsp3) is 0.417. The van der Waals surface area contributed by atoms with Crippen molar-refractivity contribution in [1.82, 2.24) is 4.98 Å². The predicted octanol–water partition coefficient (Wildman–Crippen LogP) is 7.02. The lowest BCUT2D eigenvalue weighted by atomic mass is 9.93. The molecule has 2 heterocycles. The predicted molar refractivity (Wildman–Crippen MR) is 113 cm³/mol. The summed E-state index contributed by atoms with van der Waals surface area (Å²) in [7, 11) is 0. The summed E-state index contributed by atoms with van der Waals surface area (Å²) >= 11 is 0. The van der Waals surface area contributed by atoms with Gasteiger partial charge in [-0.3, -0.25) is 0 Å². The van der Waals surface area contributed by atoms with Crippen molar-refractivity contribution in [2.24, 2.45) is 5.92 Å². The quantitative estimate of drug-likeness (QED) is 0.381. The normalized spacial score (nSPS) is 19.4. The third-order valence-electron chi connectivity index (χ3n) is 5.97. The van der Waals surface area contributed by atoms with Crippen molar-refractivity contribution >= 4 is 10.9 Å². The number of hydrogen-bond donors (Lipinski definition) is 2. The molecule has 1 aliphatic heterocycles. The molecular weight excluding hydrogens is 464 g/mol. The van der Waals surface area contributed by atoms with Gasteiger partial charge in [0, 0.05) is 23.0 Å². The molecule has 2 atom stereocenters. The number of aromatic amines is 1. The van der Waals surface area contributed by atoms with E-state index in [-0.39, 0.29) is 30.3 Å². The SMILES string of the molecule is CC(C)c1c[nH]c2ccc(Oc3c(C(F)(F)F)cc(CC4CCOC4O)cc3C(F)(F)F)cc12. The van der Waals surface area contributed by atoms with Crippen molar-refractivity contribution < 1.29 is 40.9 Å². The Morgan fingerprint density at radius 1 is 1.06 bits per heavy atom. The number of halogens is 6. The maximum absolute atomic E-state index is 13.9. The Bertz CT molecular complexity index is 1150. The Balaban J connectivity index is 1.82. The molecule has 0 radical (unpaired) electrons. The van der Waals surface area contributed by atoms with Crippen LogP contribution in [0.15, 0.2) is 36.5 Å². The average Bonchev–Trinajstić information content (AvgIpc) is 3.33. The highest BCUT2D eigenvalue weighted by Crippen LogP contribution is 2.47. The molecule has 0 aliphatic carbocycles. The molecule has 184 valence electrons. The molecule has 1 aromatic heterocycles. The van der Waals surface area contributed by atoms with Crippen molar-refractivity contribution in [3.63, 3.8) is 0 Å². The number of nitrogens with one attached hydrogen (secondary N) is 1. The summed E-state index contributed by atoms with van der Waals surface area (Å²) in [6.07, 6.45) is -9.55. The highest BCUT2D eigenvalue weighted by atomic mass is 19.4. The molecule has 3 aromatic rings. The van der Waals surface area contributed by atoms with Crippen LogP contribution in [0.1, 0.15) is 48.4 Å². The Morgan fingerprint density at radius 2 is 1.71 bits per heavy atom. The van der Waals surface area contributed by atoms with E-state index < -0.39 is 41.4 Å². The molecule has 1 saturated heterocycles. The number of aliphatic hydroxyl groups is 1. The van der Waals surface area contributed by atoms with Gasteiger partial charge < -0.3 is 19.6 Å². The number of aliphatic hydroxyl groups excluding tert-OH is 1. The number of alkyl halides is 6. The molecule has 0 saturated carbocycles. The number of ether oxygens (including phenoxy) is 2. The summed E-state index contributed by atoms with van der Waals surface area (Å²) in [5.74, 6) is -1.96. The monoisotopic (exact) mass is 487 g/mol. The summed E-state index contributed by atoms with van der Waals surface area (Å²) in [5.41, 5.74) is -1.70. The lowest BCUT2D eigenvalue weighted by Crippen LogP contribution is -2.19. The van der Waals surface area contributed by atoms with Crippen LogP contribution in [0.2, 0.25) is 0 Å². The zero-order valence-electron chi connectivity index (χ0n) is 18.3. The zero-order valence-corrected chi connectivity index (χ0v) is 18.3. The van der Waals surface area contributed by atoms with Crippen molar-refractivity contribution in [2.75, 3.05) is 6.61 Å². The van der Waals surface area contributed by atoms with E-state index in [1.165, 1.54) is 12.1 Å². The van der Waals surface area contributed by atoms with Crippen molar-refractivity contribution in [3.05, 3.63) is 58.8 Å². The average molecular weight is 487 g/mol. The first kappa shape index (κ1) is 24.4. The third kappa shape index (κ3) is 4.88. The minimum Gasteiger partial charge on any atom is -0.456 e. The third-order valence-corrected chi connectivity index (χ3v) is 5.97. The van der Waals surface area contributed by atoms with Gasteiger partial charge in [0.1, 0.15) is 5.75 Å². The van der Waals surface area contributed by atoms with E-state index in [4.69, 9.17) is 9.47 Å². The minimum absolute atomic E-state index is 0.0784. The molecule has 34 heavy (non-hydrogen) atoms. The standard InChI is InChI=1S/C24H23F6NO3/c1-12(2)17-11-31-20-4-3-15(10-16(17)20)34-21-18(23(25,26)27)8-13(9-19(21)24(28,29)30)7-14-5-6-33-22(14)32/h3-4,8-12,14,22,31-32H,5-7H2,1-2H3. The number of fused-ring (bicyclic) bond motifs is 1. The van der Waals surface area contributed by atoms with Crippen molar-refractivity contribution in [2.45, 2.75) is 51.2 Å². The Labute approximate surface area is 191 Å². The number of H-pyrrole nitrogens is 1. The van der Waals surface area contributed by atoms with Gasteiger partial charge in [-0.25, -0.2) is 0 Å². The minimum atomic E-state index is -5.10. The molecule has 10 heteroatoms. The number of rotatable bonds is 5. The topological polar surface area (TPSA) is 54.5 Å². The van der Waals surface area contributed by atoms with Gasteiger partial charge in [0.05, 0.1) is 17.7 Å². The summed E-state index contributed by atoms with van der Waals surface area (Å²) in [4.78, 5) is 3.03. The molecule has 2 aromatic carbocycles. The van der Waals surface area contributed by atoms with Crippen LogP contribution in [0.4, 0.5) is 26.3 Å². The number of benzene rings is 2. The number of hydrogen-bond acceptors (Lipinski definition) is 3. The Kier molecular flexibility index (Phi) is 6.32. The molecule has 4 rings (SSSR count). The Morgan fingerprint density at radius 3 is 2.24 bits per heavy atom. The first-order valence-electron chi connectivity index (χ1n) is 10.7. The molecule has 2 N–H and O–H groups in total. The second kappa shape index (κ2) is 8.81. The fourth-order valence-electron chi connectivity index (χ4n) is 4.24. The van der Waals surface area contributed by atoms with E-state index in [1.54, 1.807) is 12.3 Å². The summed E-state index contributed by atoms with van der Waals surface area (Å²) in [6, 6.07) is 5.62. The van der Waals surface area contributed by atoms with Gasteiger partial charge in [-0.15, -0.1) is 0 Å². The molecule has 2 unspecified atom stereocenters. The first-order valence-corrected chi connectivity index (χ1v) is 10.7. The van der Waals surface area contributed by atoms with Gasteiger partial charge in [-0.05, 0) is 60.2 Å². The fourth-order valence-corrected chi connectivity index (χ4v) is 4.24. The first-order chi connectivity index (χ1) is 15.8. The van der Waals surface area contributed by atoms with Crippen LogP contribution in [0.3, 0.4) is 0 Å². The van der Waals surface area contributed by atoms with Gasteiger partial charge in [0.2, 0.25) is 0 Å². The highest BCUT2D eigenvalue weighted by molar-refractivity contribution is 5.85.